The van der Waals surface area contributed by atoms with Gasteiger partial charge < -0.3 is 14.0 Å². The van der Waals surface area contributed by atoms with Crippen molar-refractivity contribution in [2.24, 2.45) is 0 Å². The van der Waals surface area contributed by atoms with Crippen molar-refractivity contribution in [3.63, 3.8) is 0 Å². The molecule has 0 unspecified atom stereocenters. The Morgan fingerprint density at radius 2 is 2.25 bits per heavy atom. The lowest BCUT2D eigenvalue weighted by molar-refractivity contribution is -0.134. The molecule has 0 aliphatic carbocycles. The Morgan fingerprint density at radius 1 is 1.39 bits per heavy atom. The minimum absolute atomic E-state index is 0.0344. The van der Waals surface area contributed by atoms with Crippen LogP contribution >= 0.6 is 15.9 Å². The molecule has 142 valence electrons. The smallest absolute Gasteiger partial charge is 0.311 e. The highest BCUT2D eigenvalue weighted by molar-refractivity contribution is 9.10. The topological polar surface area (TPSA) is 111 Å². The Labute approximate surface area is 169 Å². The lowest BCUT2D eigenvalue weighted by atomic mass is 10.2. The van der Waals surface area contributed by atoms with Gasteiger partial charge in [-0.05, 0) is 41.1 Å². The lowest BCUT2D eigenvalue weighted by Gasteiger charge is -2.12. The van der Waals surface area contributed by atoms with Gasteiger partial charge in [-0.1, -0.05) is 5.16 Å². The van der Waals surface area contributed by atoms with Gasteiger partial charge in [0, 0.05) is 30.4 Å². The number of benzene rings is 1. The van der Waals surface area contributed by atoms with Crippen molar-refractivity contribution in [2.75, 3.05) is 6.61 Å². The molecule has 2 aromatic heterocycles. The Kier molecular flexibility index (Phi) is 6.34. The maximum Gasteiger partial charge on any atom is 0.311 e. The van der Waals surface area contributed by atoms with Crippen LogP contribution in [0.3, 0.4) is 0 Å². The predicted octanol–water partition coefficient (Wildman–Crippen LogP) is 3.70. The van der Waals surface area contributed by atoms with E-state index in [4.69, 9.17) is 19.3 Å². The normalized spacial score (nSPS) is 10.3. The van der Waals surface area contributed by atoms with Gasteiger partial charge in [0.05, 0.1) is 29.1 Å². The second-order valence-corrected chi connectivity index (χ2v) is 6.41. The number of ether oxygens (including phenoxy) is 2. The molecular weight excluding hydrogens is 428 g/mol. The molecule has 3 rings (SSSR count). The number of nitriles is 1. The van der Waals surface area contributed by atoms with E-state index in [1.807, 2.05) is 12.1 Å². The molecule has 0 amide bonds. The van der Waals surface area contributed by atoms with Crippen molar-refractivity contribution < 1.29 is 18.8 Å². The Hall–Kier alpha value is -3.25. The first-order valence-corrected chi connectivity index (χ1v) is 9.20. The molecule has 0 fully saturated rings. The molecule has 0 saturated carbocycles. The van der Waals surface area contributed by atoms with Gasteiger partial charge in [0.2, 0.25) is 11.7 Å². The summed E-state index contributed by atoms with van der Waals surface area (Å²) in [7, 11) is 0. The van der Waals surface area contributed by atoms with E-state index >= 15 is 0 Å². The molecule has 9 heteroatoms. The molecule has 0 atom stereocenters. The monoisotopic (exact) mass is 442 g/mol. The highest BCUT2D eigenvalue weighted by atomic mass is 79.9. The summed E-state index contributed by atoms with van der Waals surface area (Å²) in [5, 5.41) is 12.9. The zero-order valence-electron chi connectivity index (χ0n) is 14.9. The van der Waals surface area contributed by atoms with Crippen molar-refractivity contribution in [2.45, 2.75) is 19.8 Å². The highest BCUT2D eigenvalue weighted by Crippen LogP contribution is 2.37. The number of rotatable bonds is 7. The maximum atomic E-state index is 12.3. The second-order valence-electron chi connectivity index (χ2n) is 5.56. The molecule has 0 aliphatic rings. The molecular formula is C19H15BrN4O4. The third-order valence-corrected chi connectivity index (χ3v) is 4.17. The number of pyridine rings is 1. The summed E-state index contributed by atoms with van der Waals surface area (Å²) in [4.78, 5) is 20.5. The fourth-order valence-corrected chi connectivity index (χ4v) is 2.86. The third kappa shape index (κ3) is 4.72. The maximum absolute atomic E-state index is 12.3. The average molecular weight is 443 g/mol. The molecule has 28 heavy (non-hydrogen) atoms. The SMILES string of the molecule is CCOc1cc(C#N)cc(Br)c1OC(=O)CCc1nc(-c2cccnc2)no1. The fourth-order valence-electron chi connectivity index (χ4n) is 2.34. The van der Waals surface area contributed by atoms with Crippen molar-refractivity contribution >= 4 is 21.9 Å². The summed E-state index contributed by atoms with van der Waals surface area (Å²) >= 11 is 3.31. The number of aryl methyl sites for hydroxylation is 1. The first-order valence-electron chi connectivity index (χ1n) is 8.40. The second kappa shape index (κ2) is 9.10. The fraction of sp³-hybridized carbons (Fsp3) is 0.211. The van der Waals surface area contributed by atoms with Crippen LogP contribution in [0.1, 0.15) is 24.8 Å². The van der Waals surface area contributed by atoms with E-state index in [0.717, 1.165) is 5.56 Å². The van der Waals surface area contributed by atoms with Crippen LogP contribution in [0.25, 0.3) is 11.4 Å². The van der Waals surface area contributed by atoms with Gasteiger partial charge in [-0.15, -0.1) is 0 Å². The van der Waals surface area contributed by atoms with Crippen LogP contribution in [0.2, 0.25) is 0 Å². The largest absolute Gasteiger partial charge is 0.490 e. The number of carbonyl (C=O) groups is 1. The Bertz CT molecular complexity index is 1010. The van der Waals surface area contributed by atoms with Crippen LogP contribution in [-0.2, 0) is 11.2 Å². The number of aromatic nitrogens is 3. The van der Waals surface area contributed by atoms with E-state index < -0.39 is 5.97 Å². The van der Waals surface area contributed by atoms with Gasteiger partial charge >= 0.3 is 5.97 Å². The van der Waals surface area contributed by atoms with Crippen LogP contribution in [0, 0.1) is 11.3 Å². The van der Waals surface area contributed by atoms with Crippen LogP contribution < -0.4 is 9.47 Å². The number of hydrogen-bond acceptors (Lipinski definition) is 8. The van der Waals surface area contributed by atoms with Crippen molar-refractivity contribution in [3.8, 4) is 29.0 Å². The lowest BCUT2D eigenvalue weighted by Crippen LogP contribution is -2.11. The van der Waals surface area contributed by atoms with Gasteiger partial charge in [-0.25, -0.2) is 0 Å². The van der Waals surface area contributed by atoms with E-state index in [1.54, 1.807) is 31.5 Å². The number of nitrogens with zero attached hydrogens (tertiary/aromatic N) is 4. The van der Waals surface area contributed by atoms with Crippen LogP contribution in [-0.4, -0.2) is 27.7 Å². The van der Waals surface area contributed by atoms with E-state index in [2.05, 4.69) is 31.1 Å². The molecule has 0 radical (unpaired) electrons. The van der Waals surface area contributed by atoms with E-state index in [-0.39, 0.29) is 18.6 Å². The third-order valence-electron chi connectivity index (χ3n) is 3.59. The molecule has 2 heterocycles. The van der Waals surface area contributed by atoms with Gasteiger partial charge in [0.1, 0.15) is 0 Å². The van der Waals surface area contributed by atoms with Crippen molar-refractivity contribution in [3.05, 3.63) is 52.6 Å². The average Bonchev–Trinajstić information content (AvgIpc) is 3.18. The summed E-state index contributed by atoms with van der Waals surface area (Å²) in [6.07, 6.45) is 3.54. The van der Waals surface area contributed by atoms with Gasteiger partial charge in [-0.2, -0.15) is 10.2 Å². The Morgan fingerprint density at radius 3 is 2.96 bits per heavy atom. The predicted molar refractivity (Wildman–Crippen MR) is 102 cm³/mol. The number of hydrogen-bond donors (Lipinski definition) is 0. The van der Waals surface area contributed by atoms with E-state index in [1.165, 1.54) is 6.07 Å². The molecule has 8 nitrogen and oxygen atoms in total. The van der Waals surface area contributed by atoms with Gasteiger partial charge in [0.25, 0.3) is 0 Å². The summed E-state index contributed by atoms with van der Waals surface area (Å²) in [5.74, 6) is 0.781. The molecule has 0 aliphatic heterocycles. The highest BCUT2D eigenvalue weighted by Gasteiger charge is 2.17. The van der Waals surface area contributed by atoms with E-state index in [0.29, 0.717) is 34.1 Å². The van der Waals surface area contributed by atoms with Crippen LogP contribution in [0.15, 0.2) is 45.7 Å². The summed E-state index contributed by atoms with van der Waals surface area (Å²) < 4.78 is 16.5. The van der Waals surface area contributed by atoms with Gasteiger partial charge in [0.15, 0.2) is 11.5 Å². The van der Waals surface area contributed by atoms with Crippen LogP contribution in [0.5, 0.6) is 11.5 Å². The standard InChI is InChI=1S/C19H15BrN4O4/c1-2-26-15-9-12(10-21)8-14(20)18(15)27-17(25)6-5-16-23-19(24-28-16)13-4-3-7-22-11-13/h3-4,7-9,11H,2,5-6H2,1H3. The van der Waals surface area contributed by atoms with Crippen molar-refractivity contribution in [1.82, 2.24) is 15.1 Å². The van der Waals surface area contributed by atoms with Crippen molar-refractivity contribution in [1.29, 1.82) is 5.26 Å². The molecule has 3 aromatic rings. The summed E-state index contributed by atoms with van der Waals surface area (Å²) in [6.45, 7) is 2.17. The quantitative estimate of drug-likeness (QED) is 0.402. The number of carbonyl (C=O) groups excluding carboxylic acids is 1. The summed E-state index contributed by atoms with van der Waals surface area (Å²) in [6, 6.07) is 8.69. The zero-order valence-corrected chi connectivity index (χ0v) is 16.5. The van der Waals surface area contributed by atoms with E-state index in [9.17, 15) is 4.79 Å². The minimum atomic E-state index is -0.493. The minimum Gasteiger partial charge on any atom is -0.490 e. The number of halogens is 1. The molecule has 0 N–H and O–H groups in total. The first-order chi connectivity index (χ1) is 13.6. The zero-order chi connectivity index (χ0) is 19.9. The molecule has 0 bridgehead atoms. The van der Waals surface area contributed by atoms with Crippen LogP contribution in [0.4, 0.5) is 0 Å². The van der Waals surface area contributed by atoms with Gasteiger partial charge in [-0.3, -0.25) is 9.78 Å². The Balaban J connectivity index is 1.65. The number of esters is 1. The summed E-state index contributed by atoms with van der Waals surface area (Å²) in [5.41, 5.74) is 1.12. The molecule has 0 saturated heterocycles. The molecule has 1 aromatic carbocycles. The molecule has 0 spiro atoms. The first kappa shape index (κ1) is 19.5.